The van der Waals surface area contributed by atoms with Gasteiger partial charge in [-0.05, 0) is 73.5 Å². The van der Waals surface area contributed by atoms with E-state index in [0.717, 1.165) is 30.2 Å². The van der Waals surface area contributed by atoms with E-state index in [1.807, 2.05) is 0 Å². The van der Waals surface area contributed by atoms with Gasteiger partial charge in [0.1, 0.15) is 0 Å². The number of nitrogens with one attached hydrogen (secondary N) is 1. The van der Waals surface area contributed by atoms with Crippen molar-refractivity contribution >= 4 is 5.69 Å². The number of anilines is 1. The standard InChI is InChI=1S/C21H34N2/c1-15-4-3-5-21(16(15)2)18-8-12-20(13-9-18)23-14-17-6-10-19(22)11-7-17/h8-9,12-13,15-17,19,21,23H,3-7,10-11,14,22H2,1-2H3. The predicted octanol–water partition coefficient (Wildman–Crippen LogP) is 5.16. The first-order valence-corrected chi connectivity index (χ1v) is 9.73. The lowest BCUT2D eigenvalue weighted by atomic mass is 9.71. The Hall–Kier alpha value is -1.02. The molecule has 0 spiro atoms. The van der Waals surface area contributed by atoms with Crippen molar-refractivity contribution in [2.45, 2.75) is 70.8 Å². The first kappa shape index (κ1) is 16.8. The number of rotatable bonds is 4. The van der Waals surface area contributed by atoms with Crippen LogP contribution in [0.5, 0.6) is 0 Å². The quantitative estimate of drug-likeness (QED) is 0.806. The Kier molecular flexibility index (Phi) is 5.63. The van der Waals surface area contributed by atoms with Crippen LogP contribution in [0.4, 0.5) is 5.69 Å². The fourth-order valence-electron chi connectivity index (χ4n) is 4.56. The van der Waals surface area contributed by atoms with E-state index in [0.29, 0.717) is 6.04 Å². The van der Waals surface area contributed by atoms with E-state index < -0.39 is 0 Å². The lowest BCUT2D eigenvalue weighted by Crippen LogP contribution is -2.29. The average Bonchev–Trinajstić information content (AvgIpc) is 2.57. The molecule has 1 aromatic carbocycles. The van der Waals surface area contributed by atoms with E-state index in [2.05, 4.69) is 43.4 Å². The smallest absolute Gasteiger partial charge is 0.0340 e. The van der Waals surface area contributed by atoms with Gasteiger partial charge in [0.05, 0.1) is 0 Å². The lowest BCUT2D eigenvalue weighted by Gasteiger charge is -2.34. The monoisotopic (exact) mass is 314 g/mol. The van der Waals surface area contributed by atoms with Crippen LogP contribution in [-0.4, -0.2) is 12.6 Å². The summed E-state index contributed by atoms with van der Waals surface area (Å²) >= 11 is 0. The summed E-state index contributed by atoms with van der Waals surface area (Å²) in [4.78, 5) is 0. The molecule has 0 heterocycles. The van der Waals surface area contributed by atoms with Gasteiger partial charge in [-0.25, -0.2) is 0 Å². The average molecular weight is 315 g/mol. The fourth-order valence-corrected chi connectivity index (χ4v) is 4.56. The minimum atomic E-state index is 0.449. The lowest BCUT2D eigenvalue weighted by molar-refractivity contribution is 0.238. The highest BCUT2D eigenvalue weighted by atomic mass is 14.9. The van der Waals surface area contributed by atoms with E-state index in [9.17, 15) is 0 Å². The largest absolute Gasteiger partial charge is 0.385 e. The van der Waals surface area contributed by atoms with Crippen LogP contribution in [0.3, 0.4) is 0 Å². The van der Waals surface area contributed by atoms with Crippen LogP contribution in [0.25, 0.3) is 0 Å². The van der Waals surface area contributed by atoms with Crippen molar-refractivity contribution in [2.75, 3.05) is 11.9 Å². The van der Waals surface area contributed by atoms with Gasteiger partial charge in [0, 0.05) is 18.3 Å². The van der Waals surface area contributed by atoms with Gasteiger partial charge in [-0.3, -0.25) is 0 Å². The van der Waals surface area contributed by atoms with E-state index >= 15 is 0 Å². The summed E-state index contributed by atoms with van der Waals surface area (Å²) in [6, 6.07) is 9.74. The van der Waals surface area contributed by atoms with Crippen LogP contribution >= 0.6 is 0 Å². The molecule has 23 heavy (non-hydrogen) atoms. The zero-order valence-electron chi connectivity index (χ0n) is 14.9. The third kappa shape index (κ3) is 4.29. The highest BCUT2D eigenvalue weighted by Crippen LogP contribution is 2.41. The maximum atomic E-state index is 5.99. The second-order valence-electron chi connectivity index (χ2n) is 8.16. The Balaban J connectivity index is 1.53. The van der Waals surface area contributed by atoms with E-state index in [-0.39, 0.29) is 0 Å². The third-order valence-electron chi connectivity index (χ3n) is 6.53. The van der Waals surface area contributed by atoms with Crippen LogP contribution in [0, 0.1) is 17.8 Å². The fraction of sp³-hybridized carbons (Fsp3) is 0.714. The van der Waals surface area contributed by atoms with E-state index in [4.69, 9.17) is 5.73 Å². The molecule has 0 amide bonds. The molecule has 2 aliphatic rings. The topological polar surface area (TPSA) is 38.0 Å². The van der Waals surface area contributed by atoms with Crippen molar-refractivity contribution in [1.82, 2.24) is 0 Å². The summed E-state index contributed by atoms with van der Waals surface area (Å²) in [7, 11) is 0. The molecule has 2 saturated carbocycles. The summed E-state index contributed by atoms with van der Waals surface area (Å²) in [5.74, 6) is 3.24. The molecule has 0 aromatic heterocycles. The maximum absolute atomic E-state index is 5.99. The van der Waals surface area contributed by atoms with Crippen molar-refractivity contribution in [3.63, 3.8) is 0 Å². The SMILES string of the molecule is CC1CCCC(c2ccc(NCC3CCC(N)CC3)cc2)C1C. The molecule has 3 unspecified atom stereocenters. The first-order chi connectivity index (χ1) is 11.1. The number of benzene rings is 1. The van der Waals surface area contributed by atoms with Crippen molar-refractivity contribution < 1.29 is 0 Å². The Labute approximate surface area is 142 Å². The summed E-state index contributed by atoms with van der Waals surface area (Å²) in [6.45, 7) is 5.96. The molecule has 2 aliphatic carbocycles. The molecule has 0 aliphatic heterocycles. The van der Waals surface area contributed by atoms with E-state index in [1.165, 1.54) is 50.6 Å². The minimum absolute atomic E-state index is 0.449. The molecule has 0 bridgehead atoms. The summed E-state index contributed by atoms with van der Waals surface area (Å²) in [6.07, 6.45) is 9.11. The van der Waals surface area contributed by atoms with Crippen molar-refractivity contribution in [3.05, 3.63) is 29.8 Å². The summed E-state index contributed by atoms with van der Waals surface area (Å²) in [5, 5.41) is 3.64. The molecule has 0 saturated heterocycles. The Morgan fingerprint density at radius 1 is 0.957 bits per heavy atom. The van der Waals surface area contributed by atoms with Gasteiger partial charge in [-0.15, -0.1) is 0 Å². The van der Waals surface area contributed by atoms with Crippen LogP contribution in [0.2, 0.25) is 0 Å². The zero-order chi connectivity index (χ0) is 16.2. The molecule has 2 heteroatoms. The summed E-state index contributed by atoms with van der Waals surface area (Å²) in [5.41, 5.74) is 8.81. The van der Waals surface area contributed by atoms with Gasteiger partial charge in [0.25, 0.3) is 0 Å². The van der Waals surface area contributed by atoms with Gasteiger partial charge in [0.15, 0.2) is 0 Å². The zero-order valence-corrected chi connectivity index (χ0v) is 14.9. The van der Waals surface area contributed by atoms with Gasteiger partial charge in [0.2, 0.25) is 0 Å². The first-order valence-electron chi connectivity index (χ1n) is 9.73. The molecular formula is C21H34N2. The highest BCUT2D eigenvalue weighted by molar-refractivity contribution is 5.45. The number of hydrogen-bond donors (Lipinski definition) is 2. The van der Waals surface area contributed by atoms with Crippen LogP contribution in [0.15, 0.2) is 24.3 Å². The van der Waals surface area contributed by atoms with Crippen molar-refractivity contribution in [2.24, 2.45) is 23.5 Å². The molecule has 2 fully saturated rings. The second-order valence-corrected chi connectivity index (χ2v) is 8.16. The Morgan fingerprint density at radius 3 is 2.35 bits per heavy atom. The molecule has 3 N–H and O–H groups in total. The van der Waals surface area contributed by atoms with Crippen LogP contribution in [0.1, 0.15) is 70.3 Å². The molecule has 128 valence electrons. The normalized spacial score (nSPS) is 35.0. The number of nitrogens with two attached hydrogens (primary N) is 1. The molecular weight excluding hydrogens is 280 g/mol. The minimum Gasteiger partial charge on any atom is -0.385 e. The second kappa shape index (κ2) is 7.70. The van der Waals surface area contributed by atoms with Gasteiger partial charge in [-0.2, -0.15) is 0 Å². The van der Waals surface area contributed by atoms with Crippen LogP contribution < -0.4 is 11.1 Å². The van der Waals surface area contributed by atoms with Gasteiger partial charge < -0.3 is 11.1 Å². The van der Waals surface area contributed by atoms with Crippen molar-refractivity contribution in [1.29, 1.82) is 0 Å². The Morgan fingerprint density at radius 2 is 1.65 bits per heavy atom. The van der Waals surface area contributed by atoms with Gasteiger partial charge in [-0.1, -0.05) is 38.8 Å². The molecule has 2 nitrogen and oxygen atoms in total. The molecule has 0 radical (unpaired) electrons. The predicted molar refractivity (Wildman–Crippen MR) is 99.8 cm³/mol. The summed E-state index contributed by atoms with van der Waals surface area (Å²) < 4.78 is 0. The van der Waals surface area contributed by atoms with Crippen LogP contribution in [-0.2, 0) is 0 Å². The molecule has 1 aromatic rings. The number of hydrogen-bond acceptors (Lipinski definition) is 2. The Bertz CT molecular complexity index is 473. The molecule has 3 atom stereocenters. The van der Waals surface area contributed by atoms with Crippen molar-refractivity contribution in [3.8, 4) is 0 Å². The highest BCUT2D eigenvalue weighted by Gasteiger charge is 2.28. The van der Waals surface area contributed by atoms with Gasteiger partial charge >= 0.3 is 0 Å². The third-order valence-corrected chi connectivity index (χ3v) is 6.53. The maximum Gasteiger partial charge on any atom is 0.0340 e. The van der Waals surface area contributed by atoms with E-state index in [1.54, 1.807) is 5.56 Å². The molecule has 3 rings (SSSR count).